The molecule has 0 saturated heterocycles. The molecular weight excluding hydrogens is 294 g/mol. The standard InChI is InChI=1S/C14H23NO5S/c1-19-13-7-5-10-11(14(13)20-2)4-6-12(10)15-8-3-9-21(16,17)18/h5,7,10-12,15H,3-4,6,8-9H2,1-2H3,(H,16,17,18). The van der Waals surface area contributed by atoms with E-state index in [1.165, 1.54) is 0 Å². The highest BCUT2D eigenvalue weighted by molar-refractivity contribution is 7.85. The van der Waals surface area contributed by atoms with Crippen LogP contribution in [0.25, 0.3) is 0 Å². The molecule has 0 heterocycles. The molecule has 1 fully saturated rings. The van der Waals surface area contributed by atoms with E-state index in [9.17, 15) is 8.42 Å². The average molecular weight is 317 g/mol. The molecule has 3 unspecified atom stereocenters. The highest BCUT2D eigenvalue weighted by Crippen LogP contribution is 2.42. The van der Waals surface area contributed by atoms with E-state index in [0.717, 1.165) is 24.4 Å². The van der Waals surface area contributed by atoms with Crippen LogP contribution in [-0.2, 0) is 19.6 Å². The van der Waals surface area contributed by atoms with Crippen LogP contribution in [0.3, 0.4) is 0 Å². The van der Waals surface area contributed by atoms with Crippen molar-refractivity contribution in [3.05, 3.63) is 23.7 Å². The van der Waals surface area contributed by atoms with Gasteiger partial charge in [-0.05, 0) is 31.9 Å². The molecule has 0 spiro atoms. The fourth-order valence-electron chi connectivity index (χ4n) is 3.26. The number of nitrogens with one attached hydrogen (secondary N) is 1. The Morgan fingerprint density at radius 2 is 2.10 bits per heavy atom. The molecule has 6 nitrogen and oxygen atoms in total. The fraction of sp³-hybridized carbons (Fsp3) is 0.714. The van der Waals surface area contributed by atoms with Crippen molar-refractivity contribution in [1.82, 2.24) is 5.32 Å². The maximum Gasteiger partial charge on any atom is 0.264 e. The van der Waals surface area contributed by atoms with Crippen LogP contribution >= 0.6 is 0 Å². The van der Waals surface area contributed by atoms with Crippen molar-refractivity contribution >= 4 is 10.1 Å². The quantitative estimate of drug-likeness (QED) is 0.544. The van der Waals surface area contributed by atoms with E-state index in [1.54, 1.807) is 14.2 Å². The molecule has 3 atom stereocenters. The third kappa shape index (κ3) is 3.99. The van der Waals surface area contributed by atoms with E-state index >= 15 is 0 Å². The first-order valence-electron chi connectivity index (χ1n) is 7.15. The summed E-state index contributed by atoms with van der Waals surface area (Å²) in [6.07, 6.45) is 6.51. The van der Waals surface area contributed by atoms with Crippen molar-refractivity contribution < 1.29 is 22.4 Å². The number of hydrogen-bond acceptors (Lipinski definition) is 5. The average Bonchev–Trinajstić information content (AvgIpc) is 2.84. The van der Waals surface area contributed by atoms with Crippen molar-refractivity contribution in [2.75, 3.05) is 26.5 Å². The topological polar surface area (TPSA) is 84.9 Å². The van der Waals surface area contributed by atoms with Crippen molar-refractivity contribution in [1.29, 1.82) is 0 Å². The van der Waals surface area contributed by atoms with E-state index in [-0.39, 0.29) is 5.75 Å². The maximum atomic E-state index is 10.7. The first-order chi connectivity index (χ1) is 9.96. The van der Waals surface area contributed by atoms with Crippen LogP contribution in [0.5, 0.6) is 0 Å². The summed E-state index contributed by atoms with van der Waals surface area (Å²) in [7, 11) is -0.563. The smallest absolute Gasteiger partial charge is 0.264 e. The van der Waals surface area contributed by atoms with Crippen LogP contribution in [0.15, 0.2) is 23.7 Å². The van der Waals surface area contributed by atoms with Crippen LogP contribution in [-0.4, -0.2) is 45.5 Å². The van der Waals surface area contributed by atoms with Gasteiger partial charge >= 0.3 is 0 Å². The zero-order chi connectivity index (χ0) is 15.5. The van der Waals surface area contributed by atoms with Gasteiger partial charge in [0.1, 0.15) is 5.76 Å². The van der Waals surface area contributed by atoms with Crippen molar-refractivity contribution in [3.63, 3.8) is 0 Å². The first-order valence-corrected chi connectivity index (χ1v) is 8.76. The summed E-state index contributed by atoms with van der Waals surface area (Å²) in [6, 6.07) is 0.302. The van der Waals surface area contributed by atoms with Gasteiger partial charge in [-0.15, -0.1) is 0 Å². The number of methoxy groups -OCH3 is 2. The molecule has 21 heavy (non-hydrogen) atoms. The largest absolute Gasteiger partial charge is 0.497 e. The number of ether oxygens (including phenoxy) is 2. The third-order valence-electron chi connectivity index (χ3n) is 4.19. The van der Waals surface area contributed by atoms with E-state index < -0.39 is 10.1 Å². The Bertz CT molecular complexity index is 525. The Morgan fingerprint density at radius 1 is 1.33 bits per heavy atom. The molecule has 1 saturated carbocycles. The second-order valence-corrected chi connectivity index (χ2v) is 7.03. The molecule has 2 rings (SSSR count). The maximum absolute atomic E-state index is 10.7. The molecule has 0 aromatic rings. The summed E-state index contributed by atoms with van der Waals surface area (Å²) in [5.74, 6) is 2.13. The summed E-state index contributed by atoms with van der Waals surface area (Å²) < 4.78 is 40.9. The predicted molar refractivity (Wildman–Crippen MR) is 79.2 cm³/mol. The lowest BCUT2D eigenvalue weighted by Crippen LogP contribution is -2.36. The molecule has 2 aliphatic rings. The summed E-state index contributed by atoms with van der Waals surface area (Å²) in [5, 5.41) is 3.39. The van der Waals surface area contributed by atoms with Crippen molar-refractivity contribution in [2.45, 2.75) is 25.3 Å². The van der Waals surface area contributed by atoms with Gasteiger partial charge in [0.2, 0.25) is 0 Å². The van der Waals surface area contributed by atoms with E-state index in [4.69, 9.17) is 14.0 Å². The predicted octanol–water partition coefficient (Wildman–Crippen LogP) is 1.32. The molecule has 0 amide bonds. The van der Waals surface area contributed by atoms with Crippen LogP contribution in [0.1, 0.15) is 19.3 Å². The summed E-state index contributed by atoms with van der Waals surface area (Å²) >= 11 is 0. The molecule has 0 aliphatic heterocycles. The first kappa shape index (κ1) is 16.3. The summed E-state index contributed by atoms with van der Waals surface area (Å²) in [5.41, 5.74) is 0. The van der Waals surface area contributed by atoms with Gasteiger partial charge in [0.05, 0.1) is 20.0 Å². The van der Waals surface area contributed by atoms with Crippen molar-refractivity contribution in [3.8, 4) is 0 Å². The Hall–Kier alpha value is -1.05. The van der Waals surface area contributed by atoms with E-state index in [2.05, 4.69) is 11.4 Å². The highest BCUT2D eigenvalue weighted by atomic mass is 32.2. The minimum atomic E-state index is -3.86. The number of allylic oxidation sites excluding steroid dienone is 2. The van der Waals surface area contributed by atoms with Gasteiger partial charge in [0.25, 0.3) is 10.1 Å². The van der Waals surface area contributed by atoms with Crippen LogP contribution in [0, 0.1) is 11.8 Å². The van der Waals surface area contributed by atoms with Crippen LogP contribution < -0.4 is 5.32 Å². The lowest BCUT2D eigenvalue weighted by atomic mass is 9.87. The number of hydrogen-bond donors (Lipinski definition) is 2. The van der Waals surface area contributed by atoms with Gasteiger partial charge in [-0.2, -0.15) is 8.42 Å². The Kier molecular flexibility index (Phi) is 5.29. The van der Waals surface area contributed by atoms with Gasteiger partial charge < -0.3 is 14.8 Å². The second-order valence-electron chi connectivity index (χ2n) is 5.46. The molecule has 0 aromatic carbocycles. The Labute approximate surface area is 125 Å². The molecule has 2 aliphatic carbocycles. The molecular formula is C14H23NO5S. The minimum absolute atomic E-state index is 0.201. The SMILES string of the molecule is COC1=C(OC)C2CCC(NCCCS(=O)(=O)O)C2C=C1. The third-order valence-corrected chi connectivity index (χ3v) is 5.00. The van der Waals surface area contributed by atoms with Gasteiger partial charge in [-0.3, -0.25) is 4.55 Å². The van der Waals surface area contributed by atoms with E-state index in [1.807, 2.05) is 6.08 Å². The molecule has 7 heteroatoms. The molecule has 0 radical (unpaired) electrons. The highest BCUT2D eigenvalue weighted by Gasteiger charge is 2.40. The number of fused-ring (bicyclic) bond motifs is 1. The molecule has 0 aromatic heterocycles. The zero-order valence-electron chi connectivity index (χ0n) is 12.4. The second kappa shape index (κ2) is 6.81. The Balaban J connectivity index is 1.90. The molecule has 0 bridgehead atoms. The normalized spacial score (nSPS) is 28.6. The van der Waals surface area contributed by atoms with Crippen molar-refractivity contribution in [2.24, 2.45) is 11.8 Å². The summed E-state index contributed by atoms with van der Waals surface area (Å²) in [4.78, 5) is 0. The molecule has 2 N–H and O–H groups in total. The van der Waals surface area contributed by atoms with Gasteiger partial charge in [-0.1, -0.05) is 6.08 Å². The van der Waals surface area contributed by atoms with Crippen LogP contribution in [0.4, 0.5) is 0 Å². The Morgan fingerprint density at radius 3 is 2.71 bits per heavy atom. The van der Waals surface area contributed by atoms with E-state index in [0.29, 0.717) is 30.8 Å². The lowest BCUT2D eigenvalue weighted by Gasteiger charge is -2.28. The monoisotopic (exact) mass is 317 g/mol. The molecule has 120 valence electrons. The lowest BCUT2D eigenvalue weighted by molar-refractivity contribution is 0.178. The minimum Gasteiger partial charge on any atom is -0.497 e. The van der Waals surface area contributed by atoms with Gasteiger partial charge in [0.15, 0.2) is 5.76 Å². The van der Waals surface area contributed by atoms with Gasteiger partial charge in [-0.25, -0.2) is 0 Å². The van der Waals surface area contributed by atoms with Crippen LogP contribution in [0.2, 0.25) is 0 Å². The number of rotatable bonds is 7. The fourth-order valence-corrected chi connectivity index (χ4v) is 3.77. The van der Waals surface area contributed by atoms with Gasteiger partial charge in [0, 0.05) is 17.9 Å². The zero-order valence-corrected chi connectivity index (χ0v) is 13.2. The summed E-state index contributed by atoms with van der Waals surface area (Å²) in [6.45, 7) is 0.574.